The van der Waals surface area contributed by atoms with Crippen molar-refractivity contribution in [2.24, 2.45) is 0 Å². The maximum absolute atomic E-state index is 12.3. The van der Waals surface area contributed by atoms with Crippen molar-refractivity contribution in [3.8, 4) is 0 Å². The van der Waals surface area contributed by atoms with Gasteiger partial charge in [-0.05, 0) is 38.2 Å². The third-order valence-corrected chi connectivity index (χ3v) is 7.06. The lowest BCUT2D eigenvalue weighted by atomic mass is 9.95. The number of esters is 1. The van der Waals surface area contributed by atoms with Crippen LogP contribution in [0.25, 0.3) is 0 Å². The molecule has 0 saturated heterocycles. The van der Waals surface area contributed by atoms with E-state index in [4.69, 9.17) is 4.74 Å². The highest BCUT2D eigenvalue weighted by Crippen LogP contribution is 2.38. The Balaban J connectivity index is 1.64. The van der Waals surface area contributed by atoms with Crippen molar-refractivity contribution in [3.63, 3.8) is 0 Å². The number of anilines is 1. The zero-order valence-electron chi connectivity index (χ0n) is 14.1. The predicted molar refractivity (Wildman–Crippen MR) is 101 cm³/mol. The van der Waals surface area contributed by atoms with Gasteiger partial charge in [0.1, 0.15) is 10.0 Å². The summed E-state index contributed by atoms with van der Waals surface area (Å²) in [5.41, 5.74) is 1.60. The molecule has 0 atom stereocenters. The van der Waals surface area contributed by atoms with Crippen molar-refractivity contribution < 1.29 is 14.3 Å². The van der Waals surface area contributed by atoms with Gasteiger partial charge < -0.3 is 10.1 Å². The largest absolute Gasteiger partial charge is 0.465 e. The Hall–Kier alpha value is -1.45. The fourth-order valence-corrected chi connectivity index (χ4v) is 5.85. The maximum atomic E-state index is 12.3. The van der Waals surface area contributed by atoms with E-state index in [0.717, 1.165) is 40.6 Å². The van der Waals surface area contributed by atoms with Gasteiger partial charge in [0.05, 0.1) is 12.7 Å². The van der Waals surface area contributed by atoms with Crippen LogP contribution in [0, 0.1) is 6.92 Å². The summed E-state index contributed by atoms with van der Waals surface area (Å²) in [4.78, 5) is 25.6. The second-order valence-electron chi connectivity index (χ2n) is 5.64. The van der Waals surface area contributed by atoms with Gasteiger partial charge in [-0.25, -0.2) is 4.79 Å². The molecule has 9 heteroatoms. The van der Waals surface area contributed by atoms with Gasteiger partial charge in [0.25, 0.3) is 0 Å². The number of rotatable bonds is 6. The Morgan fingerprint density at radius 2 is 2.04 bits per heavy atom. The standard InChI is InChI=1S/C16H19N3O3S3/c1-9-18-19-16(24-9)23-8-7-12(20)17-14-13(15(21)22-2)10-5-3-4-6-11(10)25-14/h3-8H2,1-2H3,(H,17,20). The minimum atomic E-state index is -0.367. The van der Waals surface area contributed by atoms with Crippen molar-refractivity contribution >= 4 is 51.3 Å². The van der Waals surface area contributed by atoms with Crippen LogP contribution < -0.4 is 5.32 Å². The molecule has 1 amide bonds. The molecule has 1 aliphatic carbocycles. The number of amides is 1. The Morgan fingerprint density at radius 3 is 2.76 bits per heavy atom. The third-order valence-electron chi connectivity index (χ3n) is 3.88. The van der Waals surface area contributed by atoms with Crippen molar-refractivity contribution in [1.82, 2.24) is 10.2 Å². The average Bonchev–Trinajstić information content (AvgIpc) is 3.17. The van der Waals surface area contributed by atoms with Crippen LogP contribution in [0.5, 0.6) is 0 Å². The Bertz CT molecular complexity index is 785. The molecular weight excluding hydrogens is 378 g/mol. The van der Waals surface area contributed by atoms with E-state index >= 15 is 0 Å². The topological polar surface area (TPSA) is 81.2 Å². The van der Waals surface area contributed by atoms with Gasteiger partial charge in [0, 0.05) is 17.1 Å². The fourth-order valence-electron chi connectivity index (χ4n) is 2.73. The second kappa shape index (κ2) is 8.29. The Labute approximate surface area is 158 Å². The van der Waals surface area contributed by atoms with Crippen LogP contribution in [-0.2, 0) is 22.4 Å². The van der Waals surface area contributed by atoms with Gasteiger partial charge in [0.15, 0.2) is 4.34 Å². The number of hydrogen-bond donors (Lipinski definition) is 1. The summed E-state index contributed by atoms with van der Waals surface area (Å²) in [5, 5.41) is 12.4. The van der Waals surface area contributed by atoms with Crippen LogP contribution in [0.2, 0.25) is 0 Å². The molecule has 2 heterocycles. The predicted octanol–water partition coefficient (Wildman–Crippen LogP) is 3.69. The van der Waals surface area contributed by atoms with Crippen LogP contribution in [-0.4, -0.2) is 34.9 Å². The molecule has 25 heavy (non-hydrogen) atoms. The molecule has 6 nitrogen and oxygen atoms in total. The zero-order valence-corrected chi connectivity index (χ0v) is 16.5. The third kappa shape index (κ3) is 4.39. The minimum absolute atomic E-state index is 0.0995. The van der Waals surface area contributed by atoms with E-state index in [1.807, 2.05) is 6.92 Å². The first kappa shape index (κ1) is 18.3. The van der Waals surface area contributed by atoms with Gasteiger partial charge in [-0.2, -0.15) is 0 Å². The molecule has 1 N–H and O–H groups in total. The molecule has 0 unspecified atom stereocenters. The molecule has 2 aromatic rings. The zero-order chi connectivity index (χ0) is 17.8. The molecule has 0 radical (unpaired) electrons. The quantitative estimate of drug-likeness (QED) is 0.591. The van der Waals surface area contributed by atoms with Gasteiger partial charge in [-0.3, -0.25) is 4.79 Å². The van der Waals surface area contributed by atoms with Crippen LogP contribution in [0.3, 0.4) is 0 Å². The number of carbonyl (C=O) groups is 2. The molecule has 0 spiro atoms. The van der Waals surface area contributed by atoms with Gasteiger partial charge in [-0.1, -0.05) is 23.1 Å². The number of hydrogen-bond acceptors (Lipinski definition) is 8. The minimum Gasteiger partial charge on any atom is -0.465 e. The maximum Gasteiger partial charge on any atom is 0.341 e. The molecule has 134 valence electrons. The van der Waals surface area contributed by atoms with E-state index in [0.29, 0.717) is 22.7 Å². The molecular formula is C16H19N3O3S3. The first-order valence-corrected chi connectivity index (χ1v) is 10.7. The molecule has 0 fully saturated rings. The summed E-state index contributed by atoms with van der Waals surface area (Å²) in [6.45, 7) is 1.90. The number of thiophene rings is 1. The second-order valence-corrected chi connectivity index (χ2v) is 9.27. The molecule has 1 aliphatic rings. The molecule has 2 aromatic heterocycles. The lowest BCUT2D eigenvalue weighted by molar-refractivity contribution is -0.115. The summed E-state index contributed by atoms with van der Waals surface area (Å²) in [5.74, 6) is 0.157. The SMILES string of the molecule is COC(=O)c1c(NC(=O)CCSc2nnc(C)s2)sc2c1CCCC2. The first-order valence-electron chi connectivity index (χ1n) is 8.04. The van der Waals surface area contributed by atoms with Crippen LogP contribution in [0.4, 0.5) is 5.00 Å². The highest BCUT2D eigenvalue weighted by atomic mass is 32.2. The van der Waals surface area contributed by atoms with E-state index in [1.54, 1.807) is 0 Å². The Morgan fingerprint density at radius 1 is 1.24 bits per heavy atom. The molecule has 0 aliphatic heterocycles. The number of ether oxygens (including phenoxy) is 1. The highest BCUT2D eigenvalue weighted by molar-refractivity contribution is 8.01. The molecule has 3 rings (SSSR count). The van der Waals surface area contributed by atoms with Crippen LogP contribution in [0.15, 0.2) is 4.34 Å². The van der Waals surface area contributed by atoms with Crippen molar-refractivity contribution in [2.45, 2.75) is 43.4 Å². The first-order chi connectivity index (χ1) is 12.1. The van der Waals surface area contributed by atoms with Crippen LogP contribution in [0.1, 0.15) is 45.1 Å². The summed E-state index contributed by atoms with van der Waals surface area (Å²) in [7, 11) is 1.38. The van der Waals surface area contributed by atoms with E-state index in [9.17, 15) is 9.59 Å². The van der Waals surface area contributed by atoms with E-state index in [1.165, 1.54) is 46.4 Å². The number of fused-ring (bicyclic) bond motifs is 1. The normalized spacial score (nSPS) is 13.4. The van der Waals surface area contributed by atoms with E-state index in [2.05, 4.69) is 15.5 Å². The van der Waals surface area contributed by atoms with Crippen molar-refractivity contribution in [3.05, 3.63) is 21.0 Å². The average molecular weight is 398 g/mol. The monoisotopic (exact) mass is 397 g/mol. The lowest BCUT2D eigenvalue weighted by Crippen LogP contribution is -2.15. The van der Waals surface area contributed by atoms with Gasteiger partial charge in [-0.15, -0.1) is 21.5 Å². The summed E-state index contributed by atoms with van der Waals surface area (Å²) in [6, 6.07) is 0. The number of carbonyl (C=O) groups excluding carboxylic acids is 2. The number of thioether (sulfide) groups is 1. The summed E-state index contributed by atoms with van der Waals surface area (Å²) >= 11 is 4.55. The highest BCUT2D eigenvalue weighted by Gasteiger charge is 2.26. The van der Waals surface area contributed by atoms with Gasteiger partial charge >= 0.3 is 5.97 Å². The van der Waals surface area contributed by atoms with Crippen LogP contribution >= 0.6 is 34.4 Å². The molecule has 0 saturated carbocycles. The molecule has 0 aromatic carbocycles. The lowest BCUT2D eigenvalue weighted by Gasteiger charge is -2.11. The number of aryl methyl sites for hydroxylation is 2. The summed E-state index contributed by atoms with van der Waals surface area (Å²) < 4.78 is 5.79. The Kier molecular flexibility index (Phi) is 6.08. The fraction of sp³-hybridized carbons (Fsp3) is 0.500. The summed E-state index contributed by atoms with van der Waals surface area (Å²) in [6.07, 6.45) is 4.38. The number of aromatic nitrogens is 2. The smallest absolute Gasteiger partial charge is 0.341 e. The number of methoxy groups -OCH3 is 1. The van der Waals surface area contributed by atoms with E-state index < -0.39 is 0 Å². The van der Waals surface area contributed by atoms with Gasteiger partial charge in [0.2, 0.25) is 5.91 Å². The number of nitrogens with zero attached hydrogens (tertiary/aromatic N) is 2. The van der Waals surface area contributed by atoms with E-state index in [-0.39, 0.29) is 11.9 Å². The van der Waals surface area contributed by atoms with Crippen molar-refractivity contribution in [1.29, 1.82) is 0 Å². The number of nitrogens with one attached hydrogen (secondary N) is 1. The van der Waals surface area contributed by atoms with Crippen molar-refractivity contribution in [2.75, 3.05) is 18.2 Å². The molecule has 0 bridgehead atoms.